The topological polar surface area (TPSA) is 20.3 Å². The number of rotatable bonds is 3. The summed E-state index contributed by atoms with van der Waals surface area (Å²) in [6, 6.07) is 0. The molecule has 0 spiro atoms. The molecular formula is C8H13NO. The minimum Gasteiger partial charge on any atom is -0.383 e. The second kappa shape index (κ2) is 4.79. The zero-order valence-corrected chi connectivity index (χ0v) is 6.66. The predicted molar refractivity (Wildman–Crippen MR) is 42.6 cm³/mol. The first-order valence-electron chi connectivity index (χ1n) is 3.15. The fourth-order valence-corrected chi connectivity index (χ4v) is 0.413. The lowest BCUT2D eigenvalue weighted by Crippen LogP contribution is -1.99. The average Bonchev–Trinajstić information content (AvgIpc) is 1.79. The van der Waals surface area contributed by atoms with Crippen molar-refractivity contribution in [3.8, 4) is 0 Å². The van der Waals surface area contributed by atoms with Crippen LogP contribution in [0.1, 0.15) is 6.92 Å². The second-order valence-electron chi connectivity index (χ2n) is 2.27. The van der Waals surface area contributed by atoms with Crippen LogP contribution in [0.5, 0.6) is 0 Å². The summed E-state index contributed by atoms with van der Waals surface area (Å²) in [6.45, 7) is 1.53. The Hall–Kier alpha value is -1.05. The third-order valence-electron chi connectivity index (χ3n) is 0.826. The Bertz CT molecular complexity index is 157. The first kappa shape index (κ1) is 8.95. The lowest BCUT2D eigenvalue weighted by molar-refractivity contribution is -0.112. The Morgan fingerprint density at radius 2 is 1.90 bits per heavy atom. The third kappa shape index (κ3) is 6.95. The fraction of sp³-hybridized carbons (Fsp3) is 0.375. The van der Waals surface area contributed by atoms with Gasteiger partial charge in [0.1, 0.15) is 0 Å². The summed E-state index contributed by atoms with van der Waals surface area (Å²) in [4.78, 5) is 12.3. The lowest BCUT2D eigenvalue weighted by atomic mass is 10.4. The molecule has 0 saturated heterocycles. The van der Waals surface area contributed by atoms with Gasteiger partial charge in [-0.15, -0.1) is 0 Å². The van der Waals surface area contributed by atoms with E-state index in [1.54, 1.807) is 6.08 Å². The SMILES string of the molecule is CC(=O)C=CC=CN(C)C. The van der Waals surface area contributed by atoms with Crippen molar-refractivity contribution >= 4 is 5.78 Å². The molecule has 0 bridgehead atoms. The molecule has 0 aliphatic carbocycles. The second-order valence-corrected chi connectivity index (χ2v) is 2.27. The van der Waals surface area contributed by atoms with Crippen LogP contribution in [0.3, 0.4) is 0 Å². The molecule has 0 rings (SSSR count). The van der Waals surface area contributed by atoms with E-state index >= 15 is 0 Å². The van der Waals surface area contributed by atoms with Gasteiger partial charge in [-0.1, -0.05) is 6.08 Å². The summed E-state index contributed by atoms with van der Waals surface area (Å²) in [6.07, 6.45) is 6.95. The highest BCUT2D eigenvalue weighted by Crippen LogP contribution is 1.80. The maximum absolute atomic E-state index is 10.4. The lowest BCUT2D eigenvalue weighted by Gasteiger charge is -2.00. The van der Waals surface area contributed by atoms with Gasteiger partial charge in [0.15, 0.2) is 5.78 Å². The number of carbonyl (C=O) groups excluding carboxylic acids is 1. The number of hydrogen-bond donors (Lipinski definition) is 0. The van der Waals surface area contributed by atoms with Crippen LogP contribution < -0.4 is 0 Å². The van der Waals surface area contributed by atoms with E-state index in [4.69, 9.17) is 0 Å². The minimum absolute atomic E-state index is 0.0726. The molecule has 0 heterocycles. The smallest absolute Gasteiger partial charge is 0.152 e. The number of ketones is 1. The molecule has 56 valence electrons. The van der Waals surface area contributed by atoms with Crippen molar-refractivity contribution in [3.63, 3.8) is 0 Å². The first-order chi connectivity index (χ1) is 4.63. The number of allylic oxidation sites excluding steroid dienone is 3. The molecule has 0 aromatic carbocycles. The molecule has 0 N–H and O–H groups in total. The Balaban J connectivity index is 3.62. The van der Waals surface area contributed by atoms with Crippen LogP contribution in [0.25, 0.3) is 0 Å². The molecule has 0 saturated carbocycles. The summed E-state index contributed by atoms with van der Waals surface area (Å²) in [5.74, 6) is 0.0726. The van der Waals surface area contributed by atoms with Crippen LogP contribution in [0.2, 0.25) is 0 Å². The van der Waals surface area contributed by atoms with Gasteiger partial charge >= 0.3 is 0 Å². The van der Waals surface area contributed by atoms with Gasteiger partial charge in [0, 0.05) is 14.1 Å². The van der Waals surface area contributed by atoms with Crippen molar-refractivity contribution in [1.29, 1.82) is 0 Å². The van der Waals surface area contributed by atoms with Crippen molar-refractivity contribution in [1.82, 2.24) is 4.90 Å². The van der Waals surface area contributed by atoms with Crippen LogP contribution in [-0.4, -0.2) is 24.8 Å². The molecule has 0 unspecified atom stereocenters. The van der Waals surface area contributed by atoms with E-state index in [0.29, 0.717) is 0 Å². The average molecular weight is 139 g/mol. The first-order valence-corrected chi connectivity index (χ1v) is 3.15. The van der Waals surface area contributed by atoms with Gasteiger partial charge in [-0.05, 0) is 25.3 Å². The molecule has 0 atom stereocenters. The van der Waals surface area contributed by atoms with Crippen molar-refractivity contribution in [3.05, 3.63) is 24.4 Å². The van der Waals surface area contributed by atoms with Gasteiger partial charge in [-0.25, -0.2) is 0 Å². The monoisotopic (exact) mass is 139 g/mol. The van der Waals surface area contributed by atoms with E-state index in [2.05, 4.69) is 0 Å². The van der Waals surface area contributed by atoms with Gasteiger partial charge in [0.25, 0.3) is 0 Å². The highest BCUT2D eigenvalue weighted by atomic mass is 16.1. The predicted octanol–water partition coefficient (Wildman–Crippen LogP) is 1.21. The van der Waals surface area contributed by atoms with E-state index in [1.165, 1.54) is 13.0 Å². The Morgan fingerprint density at radius 3 is 2.30 bits per heavy atom. The fourth-order valence-electron chi connectivity index (χ4n) is 0.413. The van der Waals surface area contributed by atoms with Crippen LogP contribution in [0, 0.1) is 0 Å². The summed E-state index contributed by atoms with van der Waals surface area (Å²) >= 11 is 0. The summed E-state index contributed by atoms with van der Waals surface area (Å²) in [5, 5.41) is 0. The van der Waals surface area contributed by atoms with E-state index in [-0.39, 0.29) is 5.78 Å². The molecule has 0 fully saturated rings. The van der Waals surface area contributed by atoms with Crippen LogP contribution in [-0.2, 0) is 4.79 Å². The van der Waals surface area contributed by atoms with Gasteiger partial charge in [0.05, 0.1) is 0 Å². The van der Waals surface area contributed by atoms with E-state index in [0.717, 1.165) is 0 Å². The van der Waals surface area contributed by atoms with Crippen molar-refractivity contribution in [2.75, 3.05) is 14.1 Å². The van der Waals surface area contributed by atoms with Gasteiger partial charge in [0.2, 0.25) is 0 Å². The van der Waals surface area contributed by atoms with Gasteiger partial charge < -0.3 is 4.90 Å². The molecule has 0 aliphatic rings. The Labute approximate surface area is 61.8 Å². The van der Waals surface area contributed by atoms with E-state index in [1.807, 2.05) is 31.3 Å². The van der Waals surface area contributed by atoms with Gasteiger partial charge in [-0.2, -0.15) is 0 Å². The molecule has 2 heteroatoms. The minimum atomic E-state index is 0.0726. The molecule has 0 amide bonds. The number of carbonyl (C=O) groups is 1. The third-order valence-corrected chi connectivity index (χ3v) is 0.826. The van der Waals surface area contributed by atoms with E-state index in [9.17, 15) is 4.79 Å². The van der Waals surface area contributed by atoms with Crippen molar-refractivity contribution < 1.29 is 4.79 Å². The van der Waals surface area contributed by atoms with E-state index < -0.39 is 0 Å². The Kier molecular flexibility index (Phi) is 4.29. The molecule has 0 aliphatic heterocycles. The zero-order valence-electron chi connectivity index (χ0n) is 6.66. The summed E-state index contributed by atoms with van der Waals surface area (Å²) in [5.41, 5.74) is 0. The van der Waals surface area contributed by atoms with Crippen LogP contribution in [0.4, 0.5) is 0 Å². The summed E-state index contributed by atoms with van der Waals surface area (Å²) in [7, 11) is 3.86. The van der Waals surface area contributed by atoms with Crippen LogP contribution >= 0.6 is 0 Å². The summed E-state index contributed by atoms with van der Waals surface area (Å²) < 4.78 is 0. The molecule has 0 radical (unpaired) electrons. The zero-order chi connectivity index (χ0) is 7.98. The maximum Gasteiger partial charge on any atom is 0.152 e. The Morgan fingerprint density at radius 1 is 1.30 bits per heavy atom. The largest absolute Gasteiger partial charge is 0.383 e. The molecule has 2 nitrogen and oxygen atoms in total. The molecule has 10 heavy (non-hydrogen) atoms. The number of hydrogen-bond acceptors (Lipinski definition) is 2. The molecular weight excluding hydrogens is 126 g/mol. The highest BCUT2D eigenvalue weighted by molar-refractivity contribution is 5.87. The standard InChI is InChI=1S/C8H13NO/c1-8(10)6-4-5-7-9(2)3/h4-7H,1-3H3. The molecule has 0 aromatic heterocycles. The number of nitrogens with zero attached hydrogens (tertiary/aromatic N) is 1. The normalized spacial score (nSPS) is 11.1. The van der Waals surface area contributed by atoms with Gasteiger partial charge in [-0.3, -0.25) is 4.79 Å². The van der Waals surface area contributed by atoms with Crippen molar-refractivity contribution in [2.45, 2.75) is 6.92 Å². The quantitative estimate of drug-likeness (QED) is 0.432. The highest BCUT2D eigenvalue weighted by Gasteiger charge is 1.77. The van der Waals surface area contributed by atoms with Crippen LogP contribution in [0.15, 0.2) is 24.4 Å². The maximum atomic E-state index is 10.4. The molecule has 0 aromatic rings. The van der Waals surface area contributed by atoms with Crippen molar-refractivity contribution in [2.24, 2.45) is 0 Å².